The highest BCUT2D eigenvalue weighted by molar-refractivity contribution is 9.09. The van der Waals surface area contributed by atoms with Crippen molar-refractivity contribution in [2.45, 2.75) is 113 Å². The summed E-state index contributed by atoms with van der Waals surface area (Å²) < 4.78 is 86.3. The molecule has 2 unspecified atom stereocenters. The van der Waals surface area contributed by atoms with Crippen LogP contribution in [0.5, 0.6) is 11.5 Å². The third-order valence-electron chi connectivity index (χ3n) is 9.16. The second kappa shape index (κ2) is 15.7. The zero-order chi connectivity index (χ0) is 34.5. The Kier molecular flexibility index (Phi) is 12.6. The van der Waals surface area contributed by atoms with E-state index >= 15 is 0 Å². The van der Waals surface area contributed by atoms with E-state index < -0.39 is 29.1 Å². The number of ether oxygens (including phenoxy) is 2. The second-order valence-corrected chi connectivity index (χ2v) is 14.2. The molecule has 6 nitrogen and oxygen atoms in total. The first-order valence-corrected chi connectivity index (χ1v) is 17.2. The molecule has 0 saturated carbocycles. The van der Waals surface area contributed by atoms with Crippen molar-refractivity contribution in [1.82, 2.24) is 10.2 Å². The zero-order valence-electron chi connectivity index (χ0n) is 26.7. The summed E-state index contributed by atoms with van der Waals surface area (Å²) in [7, 11) is 0. The molecule has 0 amide bonds. The fourth-order valence-electron chi connectivity index (χ4n) is 7.35. The summed E-state index contributed by atoms with van der Waals surface area (Å²) in [5.41, 5.74) is -2.46. The third-order valence-corrected chi connectivity index (χ3v) is 9.48. The largest absolute Gasteiger partial charge is 0.492 e. The molecule has 4 bridgehead atoms. The fraction of sp³-hybridized carbons (Fsp3) is 0.647. The molecule has 264 valence electrons. The van der Waals surface area contributed by atoms with Gasteiger partial charge in [-0.1, -0.05) is 40.2 Å². The highest BCUT2D eigenvalue weighted by Gasteiger charge is 2.45. The number of rotatable bonds is 7. The van der Waals surface area contributed by atoms with Gasteiger partial charge in [0.1, 0.15) is 18.1 Å². The first-order valence-electron chi connectivity index (χ1n) is 16.1. The van der Waals surface area contributed by atoms with Gasteiger partial charge in [0.2, 0.25) is 0 Å². The van der Waals surface area contributed by atoms with Crippen molar-refractivity contribution in [1.29, 1.82) is 0 Å². The number of hydrogen-bond acceptors (Lipinski definition) is 6. The highest BCUT2D eigenvalue weighted by atomic mass is 79.9. The number of fused-ring (bicyclic) bond motifs is 4. The first-order chi connectivity index (χ1) is 22.0. The van der Waals surface area contributed by atoms with Crippen LogP contribution in [0.15, 0.2) is 48.5 Å². The lowest BCUT2D eigenvalue weighted by atomic mass is 9.88. The lowest BCUT2D eigenvalue weighted by molar-refractivity contribution is -0.139. The lowest BCUT2D eigenvalue weighted by Crippen LogP contribution is -2.50. The van der Waals surface area contributed by atoms with Crippen molar-refractivity contribution in [3.05, 3.63) is 59.7 Å². The van der Waals surface area contributed by atoms with Crippen LogP contribution in [0.1, 0.15) is 76.3 Å². The lowest BCUT2D eigenvalue weighted by Gasteiger charge is -2.42. The van der Waals surface area contributed by atoms with Crippen LogP contribution in [0, 0.1) is 0 Å². The molecule has 0 spiro atoms. The van der Waals surface area contributed by atoms with Crippen LogP contribution in [0.3, 0.4) is 0 Å². The minimum Gasteiger partial charge on any atom is -0.492 e. The molecule has 6 rings (SSSR count). The predicted molar refractivity (Wildman–Crippen MR) is 171 cm³/mol. The van der Waals surface area contributed by atoms with Crippen molar-refractivity contribution in [2.75, 3.05) is 25.1 Å². The van der Waals surface area contributed by atoms with Gasteiger partial charge in [0.05, 0.1) is 28.9 Å². The highest BCUT2D eigenvalue weighted by Crippen LogP contribution is 2.41. The maximum absolute atomic E-state index is 12.9. The molecular formula is C34H45BrF6N2O4. The van der Waals surface area contributed by atoms with Crippen molar-refractivity contribution >= 4 is 15.9 Å². The third kappa shape index (κ3) is 11.0. The summed E-state index contributed by atoms with van der Waals surface area (Å²) in [5, 5.41) is 23.9. The summed E-state index contributed by atoms with van der Waals surface area (Å²) in [4.78, 5) is 2.29. The number of hydrogen-bond donors (Lipinski definition) is 3. The summed E-state index contributed by atoms with van der Waals surface area (Å²) in [5.74, 6) is -0.240. The zero-order valence-corrected chi connectivity index (χ0v) is 28.3. The maximum Gasteiger partial charge on any atom is 0.419 e. The van der Waals surface area contributed by atoms with E-state index in [1.54, 1.807) is 6.07 Å². The van der Waals surface area contributed by atoms with Gasteiger partial charge < -0.3 is 25.0 Å². The van der Waals surface area contributed by atoms with Gasteiger partial charge in [0.15, 0.2) is 0 Å². The van der Waals surface area contributed by atoms with Crippen molar-refractivity contribution in [2.24, 2.45) is 0 Å². The van der Waals surface area contributed by atoms with Crippen molar-refractivity contribution < 1.29 is 46.0 Å². The van der Waals surface area contributed by atoms with E-state index in [1.807, 2.05) is 13.8 Å². The molecule has 0 aromatic heterocycles. The van der Waals surface area contributed by atoms with Crippen LogP contribution >= 0.6 is 15.9 Å². The topological polar surface area (TPSA) is 74.2 Å². The van der Waals surface area contributed by atoms with E-state index in [9.17, 15) is 36.6 Å². The SMILES string of the molecule is CC1(O)C[C@H]2CC[C@@H](C1)N2.CC1(O)C[C@H]2CC[C@@H](C1)N2CCOc1ccccc1C(F)(F)F.FC(F)(F)c1ccccc1OCCBr. The normalized spacial score (nSPS) is 30.1. The molecule has 2 aromatic rings. The molecule has 4 saturated heterocycles. The summed E-state index contributed by atoms with van der Waals surface area (Å²) in [6, 6.07) is 12.3. The van der Waals surface area contributed by atoms with Crippen LogP contribution < -0.4 is 14.8 Å². The van der Waals surface area contributed by atoms with Gasteiger partial charge in [-0.3, -0.25) is 4.90 Å². The summed E-state index contributed by atoms with van der Waals surface area (Å²) in [6.07, 6.45) is -0.803. The van der Waals surface area contributed by atoms with E-state index in [0.29, 0.717) is 36.0 Å². The van der Waals surface area contributed by atoms with E-state index in [-0.39, 0.29) is 30.3 Å². The van der Waals surface area contributed by atoms with Crippen LogP contribution in [0.4, 0.5) is 26.3 Å². The first kappa shape index (κ1) is 37.8. The smallest absolute Gasteiger partial charge is 0.419 e. The summed E-state index contributed by atoms with van der Waals surface area (Å²) >= 11 is 3.08. The Bertz CT molecular complexity index is 1260. The molecule has 4 heterocycles. The number of benzene rings is 2. The molecule has 2 aromatic carbocycles. The summed E-state index contributed by atoms with van der Waals surface area (Å²) in [6.45, 7) is 4.86. The van der Waals surface area contributed by atoms with Gasteiger partial charge in [-0.2, -0.15) is 26.3 Å². The Labute approximate surface area is 280 Å². The van der Waals surface area contributed by atoms with Crippen molar-refractivity contribution in [3.8, 4) is 11.5 Å². The van der Waals surface area contributed by atoms with E-state index in [1.165, 1.54) is 43.2 Å². The van der Waals surface area contributed by atoms with Gasteiger partial charge in [0, 0.05) is 36.0 Å². The Morgan fingerprint density at radius 2 is 1.15 bits per heavy atom. The van der Waals surface area contributed by atoms with Crippen LogP contribution in [-0.2, 0) is 12.4 Å². The average Bonchev–Trinajstić information content (AvgIpc) is 3.46. The number of para-hydroxylation sites is 2. The Balaban J connectivity index is 0.000000176. The number of piperidine rings is 2. The number of nitrogens with zero attached hydrogens (tertiary/aromatic N) is 1. The molecule has 6 atom stereocenters. The fourth-order valence-corrected chi connectivity index (χ4v) is 7.51. The van der Waals surface area contributed by atoms with Crippen LogP contribution in [0.2, 0.25) is 0 Å². The van der Waals surface area contributed by atoms with E-state index in [4.69, 9.17) is 9.47 Å². The van der Waals surface area contributed by atoms with E-state index in [0.717, 1.165) is 50.7 Å². The molecule has 13 heteroatoms. The molecular weight excluding hydrogens is 694 g/mol. The van der Waals surface area contributed by atoms with Gasteiger partial charge in [-0.25, -0.2) is 0 Å². The Morgan fingerprint density at radius 3 is 1.60 bits per heavy atom. The minimum atomic E-state index is -4.40. The Morgan fingerprint density at radius 1 is 0.723 bits per heavy atom. The number of aliphatic hydroxyl groups is 2. The van der Waals surface area contributed by atoms with Gasteiger partial charge >= 0.3 is 12.4 Å². The monoisotopic (exact) mass is 738 g/mol. The number of alkyl halides is 7. The molecule has 4 fully saturated rings. The standard InChI is InChI=1S/C17H22F3NO2.C9H8BrF3O.C8H15NO/c1-16(22)10-12-6-7-13(11-16)21(12)8-9-23-15-5-3-2-4-14(15)17(18,19)20;10-5-6-14-8-4-2-1-3-7(8)9(11,12)13;1-8(10)4-6-2-3-7(5-8)9-6/h2-5,12-13,22H,6-11H2,1H3;1-4H,5-6H2;6-7,9-10H,2-5H2,1H3/t12-,13+,16?;;6-,7+,8?. The average molecular weight is 740 g/mol. The van der Waals surface area contributed by atoms with Gasteiger partial charge in [0.25, 0.3) is 0 Å². The van der Waals surface area contributed by atoms with Crippen molar-refractivity contribution in [3.63, 3.8) is 0 Å². The molecule has 0 radical (unpaired) electrons. The second-order valence-electron chi connectivity index (χ2n) is 13.4. The van der Waals surface area contributed by atoms with Crippen LogP contribution in [0.25, 0.3) is 0 Å². The Hall–Kier alpha value is -2.06. The van der Waals surface area contributed by atoms with Crippen LogP contribution in [-0.4, -0.2) is 75.6 Å². The van der Waals surface area contributed by atoms with E-state index in [2.05, 4.69) is 26.1 Å². The molecule has 47 heavy (non-hydrogen) atoms. The van der Waals surface area contributed by atoms with Gasteiger partial charge in [-0.05, 0) is 89.5 Å². The minimum absolute atomic E-state index is 0.114. The number of nitrogens with one attached hydrogen (secondary N) is 1. The maximum atomic E-state index is 12.9. The predicted octanol–water partition coefficient (Wildman–Crippen LogP) is 7.59. The molecule has 4 aliphatic rings. The van der Waals surface area contributed by atoms with Gasteiger partial charge in [-0.15, -0.1) is 0 Å². The number of halogens is 7. The molecule has 0 aliphatic carbocycles. The quantitative estimate of drug-likeness (QED) is 0.201. The molecule has 3 N–H and O–H groups in total. The molecule has 4 aliphatic heterocycles.